The number of piperazine rings is 1. The highest BCUT2D eigenvalue weighted by molar-refractivity contribution is 9.10. The average molecular weight is 356 g/mol. The summed E-state index contributed by atoms with van der Waals surface area (Å²) in [5.74, 6) is 0. The van der Waals surface area contributed by atoms with Crippen molar-refractivity contribution in [1.82, 2.24) is 10.2 Å². The number of benzene rings is 1. The summed E-state index contributed by atoms with van der Waals surface area (Å²) in [5, 5.41) is 3.41. The van der Waals surface area contributed by atoms with Gasteiger partial charge < -0.3 is 5.32 Å². The molecule has 0 amide bonds. The van der Waals surface area contributed by atoms with Crippen LogP contribution in [0.2, 0.25) is 0 Å². The lowest BCUT2D eigenvalue weighted by Gasteiger charge is -2.34. The van der Waals surface area contributed by atoms with Crippen LogP contribution in [0.3, 0.4) is 0 Å². The number of hydrogen-bond donors (Lipinski definition) is 1. The van der Waals surface area contributed by atoms with Crippen LogP contribution in [-0.4, -0.2) is 31.1 Å². The standard InChI is InChI=1S/C13H19BrN2.2ClH/c1-2-13(16-9-7-15-8-10-16)11-3-5-12(14)6-4-11;;/h3-6,13,15H,2,7-10H2,1H3;2*1H/t13-;;/m0../s1. The zero-order chi connectivity index (χ0) is 11.4. The Kier molecular flexibility index (Phi) is 9.26. The van der Waals surface area contributed by atoms with Gasteiger partial charge in [0.1, 0.15) is 0 Å². The van der Waals surface area contributed by atoms with E-state index in [1.807, 2.05) is 0 Å². The van der Waals surface area contributed by atoms with Crippen molar-refractivity contribution in [2.75, 3.05) is 26.2 Å². The molecule has 1 aromatic rings. The van der Waals surface area contributed by atoms with Crippen LogP contribution in [0.5, 0.6) is 0 Å². The highest BCUT2D eigenvalue weighted by atomic mass is 79.9. The molecular formula is C13H21BrCl2N2. The van der Waals surface area contributed by atoms with Crippen molar-refractivity contribution in [3.8, 4) is 0 Å². The summed E-state index contributed by atoms with van der Waals surface area (Å²) in [6, 6.07) is 9.33. The van der Waals surface area contributed by atoms with Crippen molar-refractivity contribution in [2.45, 2.75) is 19.4 Å². The van der Waals surface area contributed by atoms with E-state index >= 15 is 0 Å². The van der Waals surface area contributed by atoms with Crippen LogP contribution in [0.4, 0.5) is 0 Å². The van der Waals surface area contributed by atoms with E-state index < -0.39 is 0 Å². The molecule has 1 saturated heterocycles. The number of hydrogen-bond acceptors (Lipinski definition) is 2. The van der Waals surface area contributed by atoms with Crippen molar-refractivity contribution in [1.29, 1.82) is 0 Å². The fraction of sp³-hybridized carbons (Fsp3) is 0.538. The molecule has 1 aliphatic rings. The maximum Gasteiger partial charge on any atom is 0.0346 e. The first-order valence-corrected chi connectivity index (χ1v) is 6.81. The van der Waals surface area contributed by atoms with Crippen LogP contribution in [0.25, 0.3) is 0 Å². The molecule has 1 aromatic carbocycles. The minimum Gasteiger partial charge on any atom is -0.314 e. The molecule has 1 fully saturated rings. The third-order valence-electron chi connectivity index (χ3n) is 3.23. The van der Waals surface area contributed by atoms with Gasteiger partial charge in [-0.3, -0.25) is 4.90 Å². The van der Waals surface area contributed by atoms with Crippen LogP contribution in [0.15, 0.2) is 28.7 Å². The molecule has 0 radical (unpaired) electrons. The van der Waals surface area contributed by atoms with E-state index in [9.17, 15) is 0 Å². The Morgan fingerprint density at radius 2 is 1.72 bits per heavy atom. The lowest BCUT2D eigenvalue weighted by molar-refractivity contribution is 0.169. The molecule has 18 heavy (non-hydrogen) atoms. The van der Waals surface area contributed by atoms with E-state index in [4.69, 9.17) is 0 Å². The second-order valence-corrected chi connectivity index (χ2v) is 5.18. The molecule has 0 bridgehead atoms. The molecule has 1 aliphatic heterocycles. The predicted molar refractivity (Wildman–Crippen MR) is 86.1 cm³/mol. The van der Waals surface area contributed by atoms with E-state index in [0.29, 0.717) is 6.04 Å². The molecule has 2 nitrogen and oxygen atoms in total. The zero-order valence-corrected chi connectivity index (χ0v) is 13.8. The monoisotopic (exact) mass is 354 g/mol. The summed E-state index contributed by atoms with van der Waals surface area (Å²) in [6.45, 7) is 6.83. The maximum atomic E-state index is 3.49. The van der Waals surface area contributed by atoms with Crippen LogP contribution >= 0.6 is 40.7 Å². The predicted octanol–water partition coefficient (Wildman–Crippen LogP) is 3.65. The van der Waals surface area contributed by atoms with Crippen molar-refractivity contribution < 1.29 is 0 Å². The third-order valence-corrected chi connectivity index (χ3v) is 3.76. The van der Waals surface area contributed by atoms with Gasteiger partial charge in [-0.05, 0) is 24.1 Å². The first kappa shape index (κ1) is 18.2. The average Bonchev–Trinajstić information content (AvgIpc) is 2.34. The van der Waals surface area contributed by atoms with Gasteiger partial charge in [0.15, 0.2) is 0 Å². The van der Waals surface area contributed by atoms with Crippen molar-refractivity contribution in [3.05, 3.63) is 34.3 Å². The molecule has 1 atom stereocenters. The number of nitrogens with one attached hydrogen (secondary N) is 1. The van der Waals surface area contributed by atoms with Gasteiger partial charge in [-0.2, -0.15) is 0 Å². The molecule has 5 heteroatoms. The molecule has 0 aromatic heterocycles. The Bertz CT molecular complexity index is 326. The number of rotatable bonds is 3. The van der Waals surface area contributed by atoms with E-state index in [-0.39, 0.29) is 24.8 Å². The molecule has 0 spiro atoms. The van der Waals surface area contributed by atoms with Gasteiger partial charge in [0, 0.05) is 36.7 Å². The quantitative estimate of drug-likeness (QED) is 0.890. The van der Waals surface area contributed by atoms with Gasteiger partial charge in [0.2, 0.25) is 0 Å². The largest absolute Gasteiger partial charge is 0.314 e. The molecule has 104 valence electrons. The van der Waals surface area contributed by atoms with E-state index in [1.165, 1.54) is 12.0 Å². The second-order valence-electron chi connectivity index (χ2n) is 4.26. The van der Waals surface area contributed by atoms with Crippen LogP contribution in [0, 0.1) is 0 Å². The Balaban J connectivity index is 0.00000144. The fourth-order valence-electron chi connectivity index (χ4n) is 2.38. The van der Waals surface area contributed by atoms with Crippen molar-refractivity contribution in [3.63, 3.8) is 0 Å². The minimum absolute atomic E-state index is 0. The highest BCUT2D eigenvalue weighted by Crippen LogP contribution is 2.25. The number of halogens is 3. The molecule has 0 saturated carbocycles. The summed E-state index contributed by atoms with van der Waals surface area (Å²) in [6.07, 6.45) is 1.18. The van der Waals surface area contributed by atoms with E-state index in [2.05, 4.69) is 57.3 Å². The van der Waals surface area contributed by atoms with E-state index in [0.717, 1.165) is 30.7 Å². The lowest BCUT2D eigenvalue weighted by atomic mass is 10.0. The van der Waals surface area contributed by atoms with Crippen LogP contribution in [0.1, 0.15) is 24.9 Å². The first-order chi connectivity index (χ1) is 7.81. The molecule has 0 unspecified atom stereocenters. The van der Waals surface area contributed by atoms with Crippen molar-refractivity contribution >= 4 is 40.7 Å². The number of nitrogens with zero attached hydrogens (tertiary/aromatic N) is 1. The first-order valence-electron chi connectivity index (χ1n) is 6.01. The Morgan fingerprint density at radius 1 is 1.17 bits per heavy atom. The Labute approximate surface area is 130 Å². The smallest absolute Gasteiger partial charge is 0.0346 e. The minimum atomic E-state index is 0. The third kappa shape index (κ3) is 4.71. The highest BCUT2D eigenvalue weighted by Gasteiger charge is 2.19. The molecule has 1 N–H and O–H groups in total. The summed E-state index contributed by atoms with van der Waals surface area (Å²) < 4.78 is 1.16. The van der Waals surface area contributed by atoms with Gasteiger partial charge in [0.25, 0.3) is 0 Å². The van der Waals surface area contributed by atoms with Crippen LogP contribution < -0.4 is 5.32 Å². The fourth-order valence-corrected chi connectivity index (χ4v) is 2.65. The van der Waals surface area contributed by atoms with E-state index in [1.54, 1.807) is 0 Å². The normalized spacial score (nSPS) is 17.4. The van der Waals surface area contributed by atoms with Gasteiger partial charge in [0.05, 0.1) is 0 Å². The zero-order valence-electron chi connectivity index (χ0n) is 10.6. The topological polar surface area (TPSA) is 15.3 Å². The summed E-state index contributed by atoms with van der Waals surface area (Å²) >= 11 is 3.49. The maximum absolute atomic E-state index is 3.49. The van der Waals surface area contributed by atoms with Crippen molar-refractivity contribution in [2.24, 2.45) is 0 Å². The van der Waals surface area contributed by atoms with Gasteiger partial charge in [-0.25, -0.2) is 0 Å². The molecular weight excluding hydrogens is 335 g/mol. The molecule has 0 aliphatic carbocycles. The van der Waals surface area contributed by atoms with Gasteiger partial charge in [-0.1, -0.05) is 35.0 Å². The Hall–Kier alpha value is 0.200. The summed E-state index contributed by atoms with van der Waals surface area (Å²) in [4.78, 5) is 2.58. The molecule has 2 rings (SSSR count). The SMILES string of the molecule is CC[C@@H](c1ccc(Br)cc1)N1CCNCC1.Cl.Cl. The Morgan fingerprint density at radius 3 is 2.22 bits per heavy atom. The summed E-state index contributed by atoms with van der Waals surface area (Å²) in [5.41, 5.74) is 1.44. The lowest BCUT2D eigenvalue weighted by Crippen LogP contribution is -2.45. The molecule has 1 heterocycles. The second kappa shape index (κ2) is 9.16. The van der Waals surface area contributed by atoms with Gasteiger partial charge >= 0.3 is 0 Å². The summed E-state index contributed by atoms with van der Waals surface area (Å²) in [7, 11) is 0. The van der Waals surface area contributed by atoms with Gasteiger partial charge in [-0.15, -0.1) is 24.8 Å². The van der Waals surface area contributed by atoms with Crippen LogP contribution in [-0.2, 0) is 0 Å².